The van der Waals surface area contributed by atoms with Gasteiger partial charge in [-0.25, -0.2) is 14.8 Å². The molecule has 35 heavy (non-hydrogen) atoms. The van der Waals surface area contributed by atoms with Crippen LogP contribution in [-0.2, 0) is 9.53 Å². The molecule has 4 rings (SSSR count). The van der Waals surface area contributed by atoms with E-state index in [1.165, 1.54) is 0 Å². The molecule has 0 bridgehead atoms. The zero-order chi connectivity index (χ0) is 25.2. The van der Waals surface area contributed by atoms with Crippen molar-refractivity contribution < 1.29 is 19.1 Å². The summed E-state index contributed by atoms with van der Waals surface area (Å²) in [6.45, 7) is 10.5. The Labute approximate surface area is 207 Å². The molecule has 1 saturated carbocycles. The van der Waals surface area contributed by atoms with Crippen LogP contribution in [0.4, 0.5) is 10.5 Å². The molecule has 0 spiro atoms. The molecule has 1 atom stereocenters. The minimum atomic E-state index is -0.545. The Morgan fingerprint density at radius 1 is 1.09 bits per heavy atom. The minimum absolute atomic E-state index is 0.0533. The van der Waals surface area contributed by atoms with Gasteiger partial charge >= 0.3 is 6.09 Å². The number of piperidine rings is 1. The predicted molar refractivity (Wildman–Crippen MR) is 134 cm³/mol. The molecule has 1 aliphatic carbocycles. The maximum atomic E-state index is 12.8. The smallest absolute Gasteiger partial charge is 0.410 e. The van der Waals surface area contributed by atoms with Gasteiger partial charge in [0, 0.05) is 40.7 Å². The third-order valence-corrected chi connectivity index (χ3v) is 6.38. The van der Waals surface area contributed by atoms with Crippen LogP contribution in [0.1, 0.15) is 64.3 Å². The number of carbonyl (C=O) groups is 2. The van der Waals surface area contributed by atoms with Crippen LogP contribution in [0.25, 0.3) is 11.1 Å². The molecule has 1 aliphatic heterocycles. The van der Waals surface area contributed by atoms with E-state index in [0.717, 1.165) is 60.3 Å². The molecule has 0 unspecified atom stereocenters. The van der Waals surface area contributed by atoms with E-state index in [9.17, 15) is 9.59 Å². The zero-order valence-corrected chi connectivity index (χ0v) is 21.4. The molecule has 2 amide bonds. The summed E-state index contributed by atoms with van der Waals surface area (Å²) < 4.78 is 12.0. The largest absolute Gasteiger partial charge is 0.491 e. The second kappa shape index (κ2) is 10.2. The summed E-state index contributed by atoms with van der Waals surface area (Å²) in [7, 11) is 0. The minimum Gasteiger partial charge on any atom is -0.491 e. The van der Waals surface area contributed by atoms with Gasteiger partial charge in [-0.1, -0.05) is 0 Å². The van der Waals surface area contributed by atoms with Crippen molar-refractivity contribution in [2.24, 2.45) is 5.92 Å². The third-order valence-electron chi connectivity index (χ3n) is 6.38. The lowest BCUT2D eigenvalue weighted by Crippen LogP contribution is -2.48. The molecule has 2 aliphatic rings. The third kappa shape index (κ3) is 6.29. The van der Waals surface area contributed by atoms with Crippen molar-refractivity contribution in [2.75, 3.05) is 18.5 Å². The fourth-order valence-electron chi connectivity index (χ4n) is 4.42. The first-order valence-corrected chi connectivity index (χ1v) is 12.5. The van der Waals surface area contributed by atoms with Crippen LogP contribution in [0.2, 0.25) is 0 Å². The van der Waals surface area contributed by atoms with Crippen molar-refractivity contribution in [3.05, 3.63) is 35.9 Å². The number of anilines is 1. The number of nitrogens with one attached hydrogen (secondary N) is 1. The lowest BCUT2D eigenvalue weighted by atomic mass is 10.0. The van der Waals surface area contributed by atoms with Gasteiger partial charge in [-0.3, -0.25) is 4.79 Å². The van der Waals surface area contributed by atoms with Gasteiger partial charge in [0.25, 0.3) is 0 Å². The number of ether oxygens (including phenoxy) is 2. The summed E-state index contributed by atoms with van der Waals surface area (Å²) in [5.41, 5.74) is 3.56. The van der Waals surface area contributed by atoms with Crippen LogP contribution in [0.5, 0.6) is 5.75 Å². The van der Waals surface area contributed by atoms with E-state index >= 15 is 0 Å². The van der Waals surface area contributed by atoms with Gasteiger partial charge in [0.15, 0.2) is 0 Å². The number of hydrogen-bond donors (Lipinski definition) is 1. The molecular formula is C27H36N4O4. The lowest BCUT2D eigenvalue weighted by Gasteiger charge is -2.36. The summed E-state index contributed by atoms with van der Waals surface area (Å²) >= 11 is 0. The number of rotatable bonds is 6. The average molecular weight is 481 g/mol. The topological polar surface area (TPSA) is 93.6 Å². The highest BCUT2D eigenvalue weighted by atomic mass is 16.6. The maximum Gasteiger partial charge on any atom is 0.410 e. The first-order chi connectivity index (χ1) is 16.6. The van der Waals surface area contributed by atoms with E-state index in [4.69, 9.17) is 9.47 Å². The Hall–Kier alpha value is -3.16. The van der Waals surface area contributed by atoms with E-state index in [0.29, 0.717) is 18.9 Å². The van der Waals surface area contributed by atoms with Crippen molar-refractivity contribution in [3.8, 4) is 16.9 Å². The van der Waals surface area contributed by atoms with Crippen LogP contribution in [0.3, 0.4) is 0 Å². The zero-order valence-electron chi connectivity index (χ0n) is 21.4. The molecule has 2 aromatic rings. The highest BCUT2D eigenvalue weighted by Gasteiger charge is 2.32. The molecule has 2 fully saturated rings. The summed E-state index contributed by atoms with van der Waals surface area (Å²) in [6.07, 6.45) is 5.99. The number of benzene rings is 1. The Morgan fingerprint density at radius 2 is 1.80 bits per heavy atom. The summed E-state index contributed by atoms with van der Waals surface area (Å²) in [4.78, 5) is 35.7. The fourth-order valence-corrected chi connectivity index (χ4v) is 4.42. The number of amides is 2. The molecular weight excluding hydrogens is 444 g/mol. The molecule has 8 nitrogen and oxygen atoms in total. The van der Waals surface area contributed by atoms with Crippen molar-refractivity contribution in [3.63, 3.8) is 0 Å². The maximum absolute atomic E-state index is 12.8. The number of carbonyl (C=O) groups excluding carboxylic acids is 2. The SMILES string of the molecule is Cc1ncnc(C)c1-c1cc(NC(=O)C2CC2)ccc1OC[C@H]1CCCCN1C(=O)OC(C)(C)C. The second-order valence-electron chi connectivity index (χ2n) is 10.5. The molecule has 1 aromatic heterocycles. The van der Waals surface area contributed by atoms with E-state index in [-0.39, 0.29) is 24.0 Å². The summed E-state index contributed by atoms with van der Waals surface area (Å²) in [6, 6.07) is 5.60. The number of nitrogens with zero attached hydrogens (tertiary/aromatic N) is 3. The van der Waals surface area contributed by atoms with Crippen LogP contribution < -0.4 is 10.1 Å². The first-order valence-electron chi connectivity index (χ1n) is 12.5. The number of likely N-dealkylation sites (tertiary alicyclic amines) is 1. The van der Waals surface area contributed by atoms with Crippen LogP contribution in [0.15, 0.2) is 24.5 Å². The second-order valence-corrected chi connectivity index (χ2v) is 10.5. The van der Waals surface area contributed by atoms with Crippen molar-refractivity contribution in [2.45, 2.75) is 78.4 Å². The van der Waals surface area contributed by atoms with Gasteiger partial charge in [0.2, 0.25) is 5.91 Å². The quantitative estimate of drug-likeness (QED) is 0.605. The molecule has 2 heterocycles. The fraction of sp³-hybridized carbons (Fsp3) is 0.556. The number of hydrogen-bond acceptors (Lipinski definition) is 6. The lowest BCUT2D eigenvalue weighted by molar-refractivity contribution is -0.117. The van der Waals surface area contributed by atoms with Crippen molar-refractivity contribution in [1.29, 1.82) is 0 Å². The molecule has 1 saturated heterocycles. The van der Waals surface area contributed by atoms with Crippen LogP contribution in [-0.4, -0.2) is 51.7 Å². The van der Waals surface area contributed by atoms with Gasteiger partial charge in [-0.2, -0.15) is 0 Å². The van der Waals surface area contributed by atoms with E-state index in [2.05, 4.69) is 15.3 Å². The Balaban J connectivity index is 1.58. The monoisotopic (exact) mass is 480 g/mol. The Bertz CT molecular complexity index is 1070. The van der Waals surface area contributed by atoms with Gasteiger partial charge in [0.05, 0.1) is 6.04 Å². The highest BCUT2D eigenvalue weighted by molar-refractivity contribution is 5.95. The predicted octanol–water partition coefficient (Wildman–Crippen LogP) is 5.28. The van der Waals surface area contributed by atoms with Crippen LogP contribution >= 0.6 is 0 Å². The van der Waals surface area contributed by atoms with Gasteiger partial charge in [-0.05, 0) is 84.9 Å². The Kier molecular flexibility index (Phi) is 7.28. The molecule has 8 heteroatoms. The normalized spacial score (nSPS) is 18.2. The number of aryl methyl sites for hydroxylation is 2. The van der Waals surface area contributed by atoms with Crippen LogP contribution in [0, 0.1) is 19.8 Å². The van der Waals surface area contributed by atoms with Crippen molar-refractivity contribution >= 4 is 17.7 Å². The molecule has 1 aromatic carbocycles. The Morgan fingerprint density at radius 3 is 2.46 bits per heavy atom. The van der Waals surface area contributed by atoms with Gasteiger partial charge < -0.3 is 19.7 Å². The standard InChI is InChI=1S/C27H36N4O4/c1-17-24(18(2)29-16-28-17)22-14-20(30-25(32)19-9-10-19)11-12-23(22)34-15-21-8-6-7-13-31(21)26(33)35-27(3,4)5/h11-12,14,16,19,21H,6-10,13,15H2,1-5H3,(H,30,32)/t21-/m1/s1. The molecule has 188 valence electrons. The molecule has 1 N–H and O–H groups in total. The average Bonchev–Trinajstić information content (AvgIpc) is 3.63. The van der Waals surface area contributed by atoms with E-state index in [1.807, 2.05) is 52.8 Å². The molecule has 0 radical (unpaired) electrons. The van der Waals surface area contributed by atoms with Gasteiger partial charge in [-0.15, -0.1) is 0 Å². The van der Waals surface area contributed by atoms with Gasteiger partial charge in [0.1, 0.15) is 24.3 Å². The van der Waals surface area contributed by atoms with E-state index < -0.39 is 5.60 Å². The highest BCUT2D eigenvalue weighted by Crippen LogP contribution is 2.37. The summed E-state index contributed by atoms with van der Waals surface area (Å²) in [5.74, 6) is 0.839. The van der Waals surface area contributed by atoms with E-state index in [1.54, 1.807) is 11.2 Å². The first kappa shape index (κ1) is 24.9. The summed E-state index contributed by atoms with van der Waals surface area (Å²) in [5, 5.41) is 3.02. The van der Waals surface area contributed by atoms with Crippen molar-refractivity contribution in [1.82, 2.24) is 14.9 Å². The number of aromatic nitrogens is 2.